The lowest BCUT2D eigenvalue weighted by Gasteiger charge is -2.10. The molecule has 1 heterocycles. The summed E-state index contributed by atoms with van der Waals surface area (Å²) >= 11 is 0. The molecule has 0 aliphatic heterocycles. The average molecular weight is 283 g/mol. The van der Waals surface area contributed by atoms with Crippen LogP contribution in [0.1, 0.15) is 17.7 Å². The van der Waals surface area contributed by atoms with Crippen LogP contribution in [-0.2, 0) is 12.6 Å². The fraction of sp³-hybridized carbons (Fsp3) is 0.357. The summed E-state index contributed by atoms with van der Waals surface area (Å²) in [4.78, 5) is 0. The molecule has 6 heteroatoms. The van der Waals surface area contributed by atoms with E-state index in [1.807, 2.05) is 7.05 Å². The highest BCUT2D eigenvalue weighted by Gasteiger charge is 2.33. The van der Waals surface area contributed by atoms with E-state index in [-0.39, 0.29) is 5.56 Å². The molecule has 0 spiro atoms. The zero-order valence-electron chi connectivity index (χ0n) is 11.1. The standard InChI is InChI=1S/C14H16F3N3/c1-18-8-4-5-10-9-13(20-19-10)11-6-2-3-7-12(11)14(15,16)17/h2-3,6-7,9,18H,4-5,8H2,1H3,(H,19,20). The van der Waals surface area contributed by atoms with Gasteiger partial charge in [0.2, 0.25) is 0 Å². The summed E-state index contributed by atoms with van der Waals surface area (Å²) in [5.41, 5.74) is 0.619. The Morgan fingerprint density at radius 1 is 1.25 bits per heavy atom. The Labute approximate surface area is 115 Å². The monoisotopic (exact) mass is 283 g/mol. The van der Waals surface area contributed by atoms with Crippen molar-refractivity contribution < 1.29 is 13.2 Å². The van der Waals surface area contributed by atoms with Crippen LogP contribution in [0.15, 0.2) is 30.3 Å². The van der Waals surface area contributed by atoms with Gasteiger partial charge in [0.25, 0.3) is 0 Å². The third kappa shape index (κ3) is 3.39. The quantitative estimate of drug-likeness (QED) is 0.827. The van der Waals surface area contributed by atoms with Crippen LogP contribution in [0.2, 0.25) is 0 Å². The number of nitrogens with zero attached hydrogens (tertiary/aromatic N) is 1. The van der Waals surface area contributed by atoms with Gasteiger partial charge in [0.15, 0.2) is 0 Å². The van der Waals surface area contributed by atoms with E-state index in [4.69, 9.17) is 0 Å². The molecular formula is C14H16F3N3. The van der Waals surface area contributed by atoms with Crippen LogP contribution in [0.3, 0.4) is 0 Å². The van der Waals surface area contributed by atoms with Gasteiger partial charge in [-0.1, -0.05) is 18.2 Å². The number of aromatic amines is 1. The topological polar surface area (TPSA) is 40.7 Å². The number of aromatic nitrogens is 2. The van der Waals surface area contributed by atoms with Gasteiger partial charge < -0.3 is 5.32 Å². The van der Waals surface area contributed by atoms with Crippen molar-refractivity contribution in [2.24, 2.45) is 0 Å². The predicted octanol–water partition coefficient (Wildman–Crippen LogP) is 3.25. The maximum Gasteiger partial charge on any atom is 0.417 e. The minimum Gasteiger partial charge on any atom is -0.320 e. The Bertz CT molecular complexity index is 561. The number of hydrogen-bond acceptors (Lipinski definition) is 2. The highest BCUT2D eigenvalue weighted by Crippen LogP contribution is 2.36. The SMILES string of the molecule is CNCCCc1cc(-c2ccccc2C(F)(F)F)n[nH]1. The maximum absolute atomic E-state index is 12.9. The summed E-state index contributed by atoms with van der Waals surface area (Å²) in [6, 6.07) is 7.16. The van der Waals surface area contributed by atoms with Gasteiger partial charge in [0.05, 0.1) is 11.3 Å². The van der Waals surface area contributed by atoms with E-state index in [9.17, 15) is 13.2 Å². The fourth-order valence-electron chi connectivity index (χ4n) is 2.04. The second kappa shape index (κ2) is 6.09. The average Bonchev–Trinajstić information content (AvgIpc) is 2.87. The number of benzene rings is 1. The third-order valence-corrected chi connectivity index (χ3v) is 3.01. The highest BCUT2D eigenvalue weighted by molar-refractivity contribution is 5.64. The molecule has 0 amide bonds. The van der Waals surface area contributed by atoms with Gasteiger partial charge in [-0.25, -0.2) is 0 Å². The van der Waals surface area contributed by atoms with Crippen molar-refractivity contribution in [3.63, 3.8) is 0 Å². The number of aryl methyl sites for hydroxylation is 1. The molecule has 0 radical (unpaired) electrons. The number of alkyl halides is 3. The van der Waals surface area contributed by atoms with E-state index < -0.39 is 11.7 Å². The van der Waals surface area contributed by atoms with Crippen molar-refractivity contribution in [3.05, 3.63) is 41.6 Å². The molecule has 0 aliphatic rings. The summed E-state index contributed by atoms with van der Waals surface area (Å²) in [7, 11) is 1.86. The predicted molar refractivity (Wildman–Crippen MR) is 71.3 cm³/mol. The minimum absolute atomic E-state index is 0.108. The molecule has 0 atom stereocenters. The van der Waals surface area contributed by atoms with E-state index in [2.05, 4.69) is 15.5 Å². The zero-order valence-corrected chi connectivity index (χ0v) is 11.1. The van der Waals surface area contributed by atoms with E-state index >= 15 is 0 Å². The Morgan fingerprint density at radius 3 is 2.70 bits per heavy atom. The van der Waals surface area contributed by atoms with Crippen molar-refractivity contribution in [1.29, 1.82) is 0 Å². The molecule has 0 fully saturated rings. The van der Waals surface area contributed by atoms with Crippen molar-refractivity contribution in [1.82, 2.24) is 15.5 Å². The van der Waals surface area contributed by atoms with E-state index in [0.717, 1.165) is 31.1 Å². The fourth-order valence-corrected chi connectivity index (χ4v) is 2.04. The summed E-state index contributed by atoms with van der Waals surface area (Å²) in [5, 5.41) is 9.81. The Balaban J connectivity index is 2.24. The first kappa shape index (κ1) is 14.6. The molecule has 2 N–H and O–H groups in total. The molecule has 0 unspecified atom stereocenters. The van der Waals surface area contributed by atoms with Crippen LogP contribution in [0, 0.1) is 0 Å². The Morgan fingerprint density at radius 2 is 2.00 bits per heavy atom. The van der Waals surface area contributed by atoms with Gasteiger partial charge in [0, 0.05) is 11.3 Å². The van der Waals surface area contributed by atoms with Crippen molar-refractivity contribution in [2.75, 3.05) is 13.6 Å². The molecule has 0 saturated heterocycles. The van der Waals surface area contributed by atoms with Crippen LogP contribution in [0.5, 0.6) is 0 Å². The van der Waals surface area contributed by atoms with Crippen LogP contribution in [-0.4, -0.2) is 23.8 Å². The van der Waals surface area contributed by atoms with Gasteiger partial charge in [-0.3, -0.25) is 5.10 Å². The van der Waals surface area contributed by atoms with Gasteiger partial charge >= 0.3 is 6.18 Å². The summed E-state index contributed by atoms with van der Waals surface area (Å²) in [6.07, 6.45) is -2.72. The normalized spacial score (nSPS) is 11.8. The minimum atomic E-state index is -4.37. The molecule has 2 rings (SSSR count). The van der Waals surface area contributed by atoms with E-state index in [0.29, 0.717) is 5.69 Å². The van der Waals surface area contributed by atoms with E-state index in [1.54, 1.807) is 12.1 Å². The molecule has 3 nitrogen and oxygen atoms in total. The first-order chi connectivity index (χ1) is 9.52. The maximum atomic E-state index is 12.9. The summed E-state index contributed by atoms with van der Waals surface area (Å²) in [5.74, 6) is 0. The molecule has 0 aliphatic carbocycles. The van der Waals surface area contributed by atoms with Gasteiger partial charge in [-0.2, -0.15) is 18.3 Å². The first-order valence-corrected chi connectivity index (χ1v) is 6.38. The molecule has 2 aromatic rings. The molecule has 1 aromatic carbocycles. The van der Waals surface area contributed by atoms with Gasteiger partial charge in [-0.05, 0) is 38.6 Å². The van der Waals surface area contributed by atoms with Crippen molar-refractivity contribution >= 4 is 0 Å². The lowest BCUT2D eigenvalue weighted by atomic mass is 10.0. The molecule has 0 bridgehead atoms. The summed E-state index contributed by atoms with van der Waals surface area (Å²) in [6.45, 7) is 0.855. The number of rotatable bonds is 5. The zero-order chi connectivity index (χ0) is 14.6. The van der Waals surface area contributed by atoms with Crippen LogP contribution >= 0.6 is 0 Å². The molecule has 1 aromatic heterocycles. The van der Waals surface area contributed by atoms with Crippen LogP contribution in [0.4, 0.5) is 13.2 Å². The van der Waals surface area contributed by atoms with Gasteiger partial charge in [-0.15, -0.1) is 0 Å². The Hall–Kier alpha value is -1.82. The molecule has 20 heavy (non-hydrogen) atoms. The third-order valence-electron chi connectivity index (χ3n) is 3.01. The van der Waals surface area contributed by atoms with Crippen LogP contribution in [0.25, 0.3) is 11.3 Å². The molecule has 108 valence electrons. The number of nitrogens with one attached hydrogen (secondary N) is 2. The highest BCUT2D eigenvalue weighted by atomic mass is 19.4. The number of H-pyrrole nitrogens is 1. The smallest absolute Gasteiger partial charge is 0.320 e. The molecule has 0 saturated carbocycles. The van der Waals surface area contributed by atoms with Crippen molar-refractivity contribution in [2.45, 2.75) is 19.0 Å². The lowest BCUT2D eigenvalue weighted by Crippen LogP contribution is -2.08. The van der Waals surface area contributed by atoms with Crippen LogP contribution < -0.4 is 5.32 Å². The summed E-state index contributed by atoms with van der Waals surface area (Å²) < 4.78 is 38.8. The largest absolute Gasteiger partial charge is 0.417 e. The Kier molecular flexibility index (Phi) is 4.44. The number of halogens is 3. The van der Waals surface area contributed by atoms with Gasteiger partial charge in [0.1, 0.15) is 0 Å². The molecular weight excluding hydrogens is 267 g/mol. The second-order valence-corrected chi connectivity index (χ2v) is 4.53. The second-order valence-electron chi connectivity index (χ2n) is 4.53. The van der Waals surface area contributed by atoms with Crippen molar-refractivity contribution in [3.8, 4) is 11.3 Å². The number of hydrogen-bond donors (Lipinski definition) is 2. The lowest BCUT2D eigenvalue weighted by molar-refractivity contribution is -0.137. The first-order valence-electron chi connectivity index (χ1n) is 6.38. The van der Waals surface area contributed by atoms with E-state index in [1.165, 1.54) is 12.1 Å².